The molecule has 3 rings (SSSR count). The van der Waals surface area contributed by atoms with Crippen LogP contribution in [0.1, 0.15) is 43.6 Å². The van der Waals surface area contributed by atoms with Gasteiger partial charge in [0.2, 0.25) is 5.91 Å². The molecule has 0 spiro atoms. The molecule has 2 aromatic rings. The van der Waals surface area contributed by atoms with Crippen LogP contribution in [-0.4, -0.2) is 15.9 Å². The van der Waals surface area contributed by atoms with Crippen LogP contribution in [0, 0.1) is 5.92 Å². The number of carbonyl (C=O) groups excluding carboxylic acids is 1. The number of hydrogen-bond donors (Lipinski definition) is 1. The third-order valence-corrected chi connectivity index (χ3v) is 4.82. The number of pyridine rings is 1. The highest BCUT2D eigenvalue weighted by atomic mass is 32.1. The lowest BCUT2D eigenvalue weighted by Crippen LogP contribution is -2.23. The average molecular weight is 301 g/mol. The Kier molecular flexibility index (Phi) is 4.60. The monoisotopic (exact) mass is 301 g/mol. The van der Waals surface area contributed by atoms with Gasteiger partial charge >= 0.3 is 0 Å². The van der Waals surface area contributed by atoms with Crippen LogP contribution in [0.5, 0.6) is 0 Å². The molecule has 5 heteroatoms. The van der Waals surface area contributed by atoms with Gasteiger partial charge in [-0.1, -0.05) is 25.7 Å². The topological polar surface area (TPSA) is 54.9 Å². The zero-order chi connectivity index (χ0) is 14.5. The normalized spacial score (nSPS) is 16.8. The minimum absolute atomic E-state index is 0.0445. The number of anilines is 1. The van der Waals surface area contributed by atoms with Gasteiger partial charge < -0.3 is 5.32 Å². The lowest BCUT2D eigenvalue weighted by atomic mass is 9.88. The van der Waals surface area contributed by atoms with Gasteiger partial charge in [0.15, 0.2) is 5.13 Å². The van der Waals surface area contributed by atoms with Crippen molar-refractivity contribution < 1.29 is 4.79 Å². The van der Waals surface area contributed by atoms with Crippen LogP contribution >= 0.6 is 11.3 Å². The largest absolute Gasteiger partial charge is 0.301 e. The van der Waals surface area contributed by atoms with Gasteiger partial charge in [0, 0.05) is 24.0 Å². The number of rotatable bonds is 5. The minimum atomic E-state index is -0.111. The van der Waals surface area contributed by atoms with Gasteiger partial charge in [-0.3, -0.25) is 9.78 Å². The number of thiazole rings is 1. The molecule has 1 unspecified atom stereocenters. The van der Waals surface area contributed by atoms with Crippen molar-refractivity contribution in [3.8, 4) is 0 Å². The molecular weight excluding hydrogens is 282 g/mol. The average Bonchev–Trinajstić information content (AvgIpc) is 3.19. The van der Waals surface area contributed by atoms with Crippen molar-refractivity contribution in [1.82, 2.24) is 9.97 Å². The first kappa shape index (κ1) is 14.2. The predicted molar refractivity (Wildman–Crippen MR) is 84.3 cm³/mol. The third kappa shape index (κ3) is 3.67. The second kappa shape index (κ2) is 6.80. The lowest BCUT2D eigenvalue weighted by Gasteiger charge is -2.19. The number of carbonyl (C=O) groups is 1. The zero-order valence-corrected chi connectivity index (χ0v) is 12.7. The summed E-state index contributed by atoms with van der Waals surface area (Å²) < 4.78 is 0. The van der Waals surface area contributed by atoms with Crippen LogP contribution in [0.4, 0.5) is 5.13 Å². The summed E-state index contributed by atoms with van der Waals surface area (Å²) in [5, 5.41) is 5.48. The molecule has 0 aliphatic heterocycles. The van der Waals surface area contributed by atoms with Crippen molar-refractivity contribution >= 4 is 22.4 Å². The van der Waals surface area contributed by atoms with Gasteiger partial charge in [-0.25, -0.2) is 4.98 Å². The molecule has 0 bridgehead atoms. The summed E-state index contributed by atoms with van der Waals surface area (Å²) in [5.41, 5.74) is 1.05. The molecule has 0 saturated heterocycles. The summed E-state index contributed by atoms with van der Waals surface area (Å²) >= 11 is 1.45. The van der Waals surface area contributed by atoms with Gasteiger partial charge in [0.05, 0.1) is 5.92 Å². The zero-order valence-electron chi connectivity index (χ0n) is 11.9. The molecule has 0 radical (unpaired) electrons. The van der Waals surface area contributed by atoms with E-state index in [9.17, 15) is 4.79 Å². The Bertz CT molecular complexity index is 564. The molecule has 1 atom stereocenters. The Morgan fingerprint density at radius 2 is 2.05 bits per heavy atom. The van der Waals surface area contributed by atoms with Gasteiger partial charge in [-0.05, 0) is 30.0 Å². The van der Waals surface area contributed by atoms with Crippen LogP contribution in [-0.2, 0) is 4.79 Å². The maximum Gasteiger partial charge on any atom is 0.233 e. The minimum Gasteiger partial charge on any atom is -0.301 e. The number of nitrogens with one attached hydrogen (secondary N) is 1. The maximum atomic E-state index is 12.6. The second-order valence-corrected chi connectivity index (χ2v) is 6.44. The van der Waals surface area contributed by atoms with E-state index in [-0.39, 0.29) is 11.8 Å². The first-order chi connectivity index (χ1) is 10.3. The number of amides is 1. The SMILES string of the molecule is O=C(Nc1nccs1)C(CC1CCCC1)c1ccncc1. The number of nitrogens with zero attached hydrogens (tertiary/aromatic N) is 2. The fraction of sp³-hybridized carbons (Fsp3) is 0.438. The molecule has 110 valence electrons. The lowest BCUT2D eigenvalue weighted by molar-refractivity contribution is -0.118. The van der Waals surface area contributed by atoms with Crippen molar-refractivity contribution in [2.45, 2.75) is 38.0 Å². The molecule has 2 heterocycles. The van der Waals surface area contributed by atoms with Crippen molar-refractivity contribution in [2.24, 2.45) is 5.92 Å². The Labute approximate surface area is 128 Å². The van der Waals surface area contributed by atoms with E-state index in [1.807, 2.05) is 17.5 Å². The van der Waals surface area contributed by atoms with Crippen LogP contribution in [0.15, 0.2) is 36.1 Å². The maximum absolute atomic E-state index is 12.6. The van der Waals surface area contributed by atoms with Crippen molar-refractivity contribution in [1.29, 1.82) is 0 Å². The van der Waals surface area contributed by atoms with E-state index in [2.05, 4.69) is 15.3 Å². The highest BCUT2D eigenvalue weighted by molar-refractivity contribution is 7.13. The summed E-state index contributed by atoms with van der Waals surface area (Å²) in [4.78, 5) is 20.8. The first-order valence-corrected chi connectivity index (χ1v) is 8.31. The highest BCUT2D eigenvalue weighted by Gasteiger charge is 2.27. The van der Waals surface area contributed by atoms with E-state index in [1.54, 1.807) is 18.6 Å². The van der Waals surface area contributed by atoms with Crippen molar-refractivity contribution in [3.63, 3.8) is 0 Å². The molecule has 1 saturated carbocycles. The van der Waals surface area contributed by atoms with E-state index >= 15 is 0 Å². The van der Waals surface area contributed by atoms with Crippen LogP contribution < -0.4 is 5.32 Å². The van der Waals surface area contributed by atoms with E-state index in [0.717, 1.165) is 12.0 Å². The van der Waals surface area contributed by atoms with Crippen molar-refractivity contribution in [3.05, 3.63) is 41.7 Å². The molecule has 2 aromatic heterocycles. The molecule has 1 aliphatic rings. The summed E-state index contributed by atoms with van der Waals surface area (Å²) in [6, 6.07) is 3.89. The van der Waals surface area contributed by atoms with Crippen LogP contribution in [0.3, 0.4) is 0 Å². The van der Waals surface area contributed by atoms with Gasteiger partial charge in [0.25, 0.3) is 0 Å². The molecule has 4 nitrogen and oxygen atoms in total. The highest BCUT2D eigenvalue weighted by Crippen LogP contribution is 2.34. The molecule has 1 fully saturated rings. The molecule has 1 amide bonds. The van der Waals surface area contributed by atoms with Crippen LogP contribution in [0.2, 0.25) is 0 Å². The van der Waals surface area contributed by atoms with Crippen molar-refractivity contribution in [2.75, 3.05) is 5.32 Å². The Hall–Kier alpha value is -1.75. The van der Waals surface area contributed by atoms with Gasteiger partial charge in [-0.2, -0.15) is 0 Å². The quantitative estimate of drug-likeness (QED) is 0.913. The Morgan fingerprint density at radius 1 is 1.29 bits per heavy atom. The van der Waals surface area contributed by atoms with E-state index in [4.69, 9.17) is 0 Å². The molecule has 1 aliphatic carbocycles. The number of hydrogen-bond acceptors (Lipinski definition) is 4. The number of aromatic nitrogens is 2. The molecule has 1 N–H and O–H groups in total. The molecule has 21 heavy (non-hydrogen) atoms. The standard InChI is InChI=1S/C16H19N3OS/c20-15(19-16-18-9-10-21-16)14(11-12-3-1-2-4-12)13-5-7-17-8-6-13/h5-10,12,14H,1-4,11H2,(H,18,19,20). The molecular formula is C16H19N3OS. The van der Waals surface area contributed by atoms with E-state index in [1.165, 1.54) is 37.0 Å². The summed E-state index contributed by atoms with van der Waals surface area (Å²) in [6.07, 6.45) is 11.2. The summed E-state index contributed by atoms with van der Waals surface area (Å²) in [7, 11) is 0. The fourth-order valence-electron chi connectivity index (χ4n) is 3.05. The smallest absolute Gasteiger partial charge is 0.233 e. The van der Waals surface area contributed by atoms with Gasteiger partial charge in [0.1, 0.15) is 0 Å². The van der Waals surface area contributed by atoms with E-state index in [0.29, 0.717) is 11.0 Å². The summed E-state index contributed by atoms with van der Waals surface area (Å²) in [5.74, 6) is 0.591. The predicted octanol–water partition coefficient (Wildman–Crippen LogP) is 3.84. The van der Waals surface area contributed by atoms with Gasteiger partial charge in [-0.15, -0.1) is 11.3 Å². The summed E-state index contributed by atoms with van der Waals surface area (Å²) in [6.45, 7) is 0. The first-order valence-electron chi connectivity index (χ1n) is 7.43. The fourth-order valence-corrected chi connectivity index (χ4v) is 3.58. The van der Waals surface area contributed by atoms with E-state index < -0.39 is 0 Å². The third-order valence-electron chi connectivity index (χ3n) is 4.13. The van der Waals surface area contributed by atoms with Crippen LogP contribution in [0.25, 0.3) is 0 Å². The Morgan fingerprint density at radius 3 is 2.71 bits per heavy atom. The Balaban J connectivity index is 1.75. The molecule has 0 aromatic carbocycles. The second-order valence-electron chi connectivity index (χ2n) is 5.55.